The van der Waals surface area contributed by atoms with Gasteiger partial charge in [-0.05, 0) is 43.1 Å². The van der Waals surface area contributed by atoms with Gasteiger partial charge < -0.3 is 9.88 Å². The van der Waals surface area contributed by atoms with Crippen LogP contribution >= 0.6 is 12.2 Å². The summed E-state index contributed by atoms with van der Waals surface area (Å²) in [5.41, 5.74) is 0.849. The highest BCUT2D eigenvalue weighted by molar-refractivity contribution is 7.71. The van der Waals surface area contributed by atoms with Crippen LogP contribution in [0.5, 0.6) is 0 Å². The Morgan fingerprint density at radius 1 is 1.33 bits per heavy atom. The number of nitrogens with zero attached hydrogens (tertiary/aromatic N) is 1. The number of para-hydroxylation sites is 1. The lowest BCUT2D eigenvalue weighted by molar-refractivity contribution is -0.906. The van der Waals surface area contributed by atoms with Crippen molar-refractivity contribution in [3.05, 3.63) is 39.4 Å². The van der Waals surface area contributed by atoms with Crippen molar-refractivity contribution in [3.8, 4) is 0 Å². The Balaban J connectivity index is 1.81. The topological polar surface area (TPSA) is 42.2 Å². The molecule has 2 aromatic rings. The molecule has 0 saturated carbocycles. The quantitative estimate of drug-likeness (QED) is 0.841. The molecule has 3 rings (SSSR count). The molecular weight excluding hydrogens is 282 g/mol. The van der Waals surface area contributed by atoms with Crippen molar-refractivity contribution < 1.29 is 4.90 Å². The highest BCUT2D eigenvalue weighted by Gasteiger charge is 2.18. The maximum Gasteiger partial charge on any atom is 0.262 e. The van der Waals surface area contributed by atoms with E-state index in [1.54, 1.807) is 9.47 Å². The number of aromatic amines is 1. The second-order valence-electron chi connectivity index (χ2n) is 6.12. The number of benzene rings is 1. The lowest BCUT2D eigenvalue weighted by Crippen LogP contribution is -3.13. The number of nitrogens with one attached hydrogen (secondary N) is 2. The van der Waals surface area contributed by atoms with E-state index >= 15 is 0 Å². The van der Waals surface area contributed by atoms with E-state index in [9.17, 15) is 4.79 Å². The highest BCUT2D eigenvalue weighted by Crippen LogP contribution is 2.07. The standard InChI is InChI=1S/C16H21N3OS/c1-12-6-8-18(9-7-12)10-11-19-15(20)13-4-2-3-5-14(13)17-16(19)21/h2-5,12H,6-11H2,1H3,(H,17,21)/p+1. The van der Waals surface area contributed by atoms with Crippen LogP contribution in [0.1, 0.15) is 19.8 Å². The molecule has 0 aliphatic carbocycles. The fraction of sp³-hybridized carbons (Fsp3) is 0.500. The fourth-order valence-electron chi connectivity index (χ4n) is 3.09. The molecular formula is C16H22N3OS+. The number of aromatic nitrogens is 2. The first-order chi connectivity index (χ1) is 10.1. The van der Waals surface area contributed by atoms with Gasteiger partial charge in [0.05, 0.1) is 37.1 Å². The number of H-pyrrole nitrogens is 1. The van der Waals surface area contributed by atoms with Crippen LogP contribution in [0.25, 0.3) is 10.9 Å². The predicted octanol–water partition coefficient (Wildman–Crippen LogP) is 1.37. The summed E-state index contributed by atoms with van der Waals surface area (Å²) in [6.07, 6.45) is 2.57. The lowest BCUT2D eigenvalue weighted by Gasteiger charge is -2.27. The maximum absolute atomic E-state index is 12.5. The maximum atomic E-state index is 12.5. The summed E-state index contributed by atoms with van der Waals surface area (Å²) in [5.74, 6) is 0.847. The van der Waals surface area contributed by atoms with Gasteiger partial charge >= 0.3 is 0 Å². The van der Waals surface area contributed by atoms with E-state index in [2.05, 4.69) is 11.9 Å². The van der Waals surface area contributed by atoms with Crippen LogP contribution in [0.2, 0.25) is 0 Å². The third-order valence-corrected chi connectivity index (χ3v) is 4.88. The number of fused-ring (bicyclic) bond motifs is 1. The zero-order valence-electron chi connectivity index (χ0n) is 12.4. The monoisotopic (exact) mass is 304 g/mol. The van der Waals surface area contributed by atoms with Gasteiger partial charge in [-0.25, -0.2) is 0 Å². The molecule has 0 atom stereocenters. The predicted molar refractivity (Wildman–Crippen MR) is 87.4 cm³/mol. The Morgan fingerprint density at radius 3 is 2.81 bits per heavy atom. The number of rotatable bonds is 3. The SMILES string of the molecule is CC1CC[NH+](CCn2c(=S)[nH]c3ccccc3c2=O)CC1. The minimum Gasteiger partial charge on any atom is -0.333 e. The summed E-state index contributed by atoms with van der Waals surface area (Å²) in [4.78, 5) is 17.3. The number of quaternary nitrogens is 1. The number of hydrogen-bond acceptors (Lipinski definition) is 2. The van der Waals surface area contributed by atoms with Crippen molar-refractivity contribution in [2.75, 3.05) is 19.6 Å². The van der Waals surface area contributed by atoms with Gasteiger partial charge in [-0.1, -0.05) is 19.1 Å². The first-order valence-electron chi connectivity index (χ1n) is 7.70. The molecule has 0 spiro atoms. The van der Waals surface area contributed by atoms with Crippen molar-refractivity contribution >= 4 is 23.1 Å². The van der Waals surface area contributed by atoms with E-state index in [0.717, 1.165) is 18.0 Å². The van der Waals surface area contributed by atoms with E-state index < -0.39 is 0 Å². The largest absolute Gasteiger partial charge is 0.333 e. The Bertz CT molecular complexity index is 741. The summed E-state index contributed by atoms with van der Waals surface area (Å²) >= 11 is 5.35. The summed E-state index contributed by atoms with van der Waals surface area (Å²) in [6.45, 7) is 6.41. The van der Waals surface area contributed by atoms with Gasteiger partial charge in [-0.2, -0.15) is 0 Å². The number of likely N-dealkylation sites (tertiary alicyclic amines) is 1. The van der Waals surface area contributed by atoms with Crippen molar-refractivity contribution in [3.63, 3.8) is 0 Å². The minimum absolute atomic E-state index is 0.0270. The molecule has 0 unspecified atom stereocenters. The lowest BCUT2D eigenvalue weighted by atomic mass is 9.99. The van der Waals surface area contributed by atoms with Crippen molar-refractivity contribution in [2.45, 2.75) is 26.3 Å². The molecule has 1 aliphatic rings. The molecule has 5 heteroatoms. The smallest absolute Gasteiger partial charge is 0.262 e. The molecule has 1 aromatic carbocycles. The van der Waals surface area contributed by atoms with Gasteiger partial charge in [0.2, 0.25) is 0 Å². The molecule has 2 heterocycles. The van der Waals surface area contributed by atoms with Crippen molar-refractivity contribution in [1.29, 1.82) is 0 Å². The zero-order valence-corrected chi connectivity index (χ0v) is 13.2. The molecule has 0 bridgehead atoms. The van der Waals surface area contributed by atoms with Gasteiger partial charge in [0, 0.05) is 0 Å². The molecule has 1 saturated heterocycles. The van der Waals surface area contributed by atoms with E-state index in [1.807, 2.05) is 24.3 Å². The third-order valence-electron chi connectivity index (χ3n) is 4.56. The Labute approximate surface area is 129 Å². The first kappa shape index (κ1) is 14.5. The zero-order chi connectivity index (χ0) is 14.8. The van der Waals surface area contributed by atoms with Crippen LogP contribution in [-0.4, -0.2) is 29.2 Å². The number of hydrogen-bond donors (Lipinski definition) is 2. The molecule has 0 radical (unpaired) electrons. The summed E-state index contributed by atoms with van der Waals surface area (Å²) in [5, 5.41) is 0.716. The van der Waals surface area contributed by atoms with Crippen LogP contribution in [0.4, 0.5) is 0 Å². The van der Waals surface area contributed by atoms with Crippen LogP contribution in [0, 0.1) is 10.7 Å². The second kappa shape index (κ2) is 6.12. The van der Waals surface area contributed by atoms with Gasteiger partial charge in [-0.3, -0.25) is 9.36 Å². The average Bonchev–Trinajstić information content (AvgIpc) is 2.49. The average molecular weight is 304 g/mol. The van der Waals surface area contributed by atoms with E-state index in [-0.39, 0.29) is 5.56 Å². The molecule has 4 nitrogen and oxygen atoms in total. The molecule has 112 valence electrons. The number of piperidine rings is 1. The minimum atomic E-state index is 0.0270. The summed E-state index contributed by atoms with van der Waals surface area (Å²) in [6, 6.07) is 7.56. The van der Waals surface area contributed by atoms with Crippen LogP contribution in [0.15, 0.2) is 29.1 Å². The molecule has 1 aliphatic heterocycles. The summed E-state index contributed by atoms with van der Waals surface area (Å²) in [7, 11) is 0. The van der Waals surface area contributed by atoms with E-state index in [0.29, 0.717) is 16.7 Å². The molecule has 0 amide bonds. The highest BCUT2D eigenvalue weighted by atomic mass is 32.1. The van der Waals surface area contributed by atoms with Crippen LogP contribution in [-0.2, 0) is 6.54 Å². The van der Waals surface area contributed by atoms with Gasteiger partial charge in [-0.15, -0.1) is 0 Å². The third kappa shape index (κ3) is 3.09. The molecule has 1 fully saturated rings. The summed E-state index contributed by atoms with van der Waals surface area (Å²) < 4.78 is 2.24. The Kier molecular flexibility index (Phi) is 4.22. The van der Waals surface area contributed by atoms with Gasteiger partial charge in [0.1, 0.15) is 0 Å². The van der Waals surface area contributed by atoms with Gasteiger partial charge in [0.15, 0.2) is 4.77 Å². The van der Waals surface area contributed by atoms with Crippen LogP contribution < -0.4 is 10.5 Å². The van der Waals surface area contributed by atoms with Gasteiger partial charge in [0.25, 0.3) is 5.56 Å². The Morgan fingerprint density at radius 2 is 2.05 bits per heavy atom. The van der Waals surface area contributed by atoms with E-state index in [4.69, 9.17) is 12.2 Å². The van der Waals surface area contributed by atoms with E-state index in [1.165, 1.54) is 25.9 Å². The van der Waals surface area contributed by atoms with Crippen molar-refractivity contribution in [2.24, 2.45) is 5.92 Å². The molecule has 1 aromatic heterocycles. The van der Waals surface area contributed by atoms with Crippen molar-refractivity contribution in [1.82, 2.24) is 9.55 Å². The normalized spacial score (nSPS) is 22.5. The fourth-order valence-corrected chi connectivity index (χ4v) is 3.38. The molecule has 21 heavy (non-hydrogen) atoms. The Hall–Kier alpha value is -1.46. The first-order valence-corrected chi connectivity index (χ1v) is 8.11. The molecule has 2 N–H and O–H groups in total. The second-order valence-corrected chi connectivity index (χ2v) is 6.50. The van der Waals surface area contributed by atoms with Crippen LogP contribution in [0.3, 0.4) is 0 Å².